The Kier molecular flexibility index (Phi) is 7.11. The number of likely N-dealkylation sites (tertiary alicyclic amines) is 1. The Morgan fingerprint density at radius 2 is 1.80 bits per heavy atom. The minimum Gasteiger partial charge on any atom is -0.492 e. The second kappa shape index (κ2) is 9.08. The summed E-state index contributed by atoms with van der Waals surface area (Å²) in [5.74, 6) is 0.530. The van der Waals surface area contributed by atoms with E-state index in [0.29, 0.717) is 18.0 Å². The van der Waals surface area contributed by atoms with Gasteiger partial charge in [0.15, 0.2) is 0 Å². The first-order valence-electron chi connectivity index (χ1n) is 8.90. The number of amides is 1. The van der Waals surface area contributed by atoms with Gasteiger partial charge in [-0.1, -0.05) is 25.0 Å². The Hall–Kier alpha value is -1.76. The molecular weight excluding hydrogens is 340 g/mol. The van der Waals surface area contributed by atoms with E-state index in [1.54, 1.807) is 24.3 Å². The van der Waals surface area contributed by atoms with Gasteiger partial charge >= 0.3 is 0 Å². The fourth-order valence-corrected chi connectivity index (χ4v) is 4.01. The van der Waals surface area contributed by atoms with E-state index in [4.69, 9.17) is 4.74 Å². The number of para-hydroxylation sites is 2. The van der Waals surface area contributed by atoms with Crippen LogP contribution in [0.2, 0.25) is 0 Å². The number of hydrogen-bond donors (Lipinski definition) is 0. The van der Waals surface area contributed by atoms with Gasteiger partial charge in [-0.05, 0) is 31.9 Å². The molecule has 0 saturated carbocycles. The van der Waals surface area contributed by atoms with Gasteiger partial charge in [0.1, 0.15) is 5.75 Å². The van der Waals surface area contributed by atoms with Gasteiger partial charge in [0.05, 0.1) is 18.6 Å². The van der Waals surface area contributed by atoms with E-state index in [-0.39, 0.29) is 18.9 Å². The molecule has 140 valence electrons. The number of anilines is 1. The lowest BCUT2D eigenvalue weighted by molar-refractivity contribution is -0.130. The SMILES string of the molecule is CCOc1ccccc1N(CCC(=O)N1CCCCCC1)S(C)(=O)=O. The maximum absolute atomic E-state index is 12.5. The van der Waals surface area contributed by atoms with E-state index in [0.717, 1.165) is 45.0 Å². The van der Waals surface area contributed by atoms with Gasteiger partial charge in [0, 0.05) is 26.1 Å². The van der Waals surface area contributed by atoms with Crippen LogP contribution in [0.25, 0.3) is 0 Å². The highest BCUT2D eigenvalue weighted by atomic mass is 32.2. The second-order valence-electron chi connectivity index (χ2n) is 6.28. The molecule has 0 spiro atoms. The van der Waals surface area contributed by atoms with E-state index in [1.807, 2.05) is 11.8 Å². The average molecular weight is 368 g/mol. The lowest BCUT2D eigenvalue weighted by Crippen LogP contribution is -2.37. The maximum Gasteiger partial charge on any atom is 0.232 e. The van der Waals surface area contributed by atoms with Gasteiger partial charge < -0.3 is 9.64 Å². The molecule has 25 heavy (non-hydrogen) atoms. The van der Waals surface area contributed by atoms with Crippen molar-refractivity contribution in [3.05, 3.63) is 24.3 Å². The Bertz CT molecular complexity index is 667. The maximum atomic E-state index is 12.5. The summed E-state index contributed by atoms with van der Waals surface area (Å²) < 4.78 is 31.4. The van der Waals surface area contributed by atoms with Gasteiger partial charge in [0.25, 0.3) is 0 Å². The highest BCUT2D eigenvalue weighted by Gasteiger charge is 2.23. The number of nitrogens with zero attached hydrogens (tertiary/aromatic N) is 2. The van der Waals surface area contributed by atoms with Crippen LogP contribution >= 0.6 is 0 Å². The van der Waals surface area contributed by atoms with E-state index >= 15 is 0 Å². The predicted octanol–water partition coefficient (Wildman–Crippen LogP) is 2.64. The van der Waals surface area contributed by atoms with Gasteiger partial charge in [-0.25, -0.2) is 8.42 Å². The minimum atomic E-state index is -3.51. The highest BCUT2D eigenvalue weighted by Crippen LogP contribution is 2.30. The molecule has 0 aliphatic carbocycles. The molecule has 1 aromatic rings. The van der Waals surface area contributed by atoms with Crippen molar-refractivity contribution < 1.29 is 17.9 Å². The van der Waals surface area contributed by atoms with E-state index in [2.05, 4.69) is 0 Å². The van der Waals surface area contributed by atoms with Crippen molar-refractivity contribution in [2.45, 2.75) is 39.0 Å². The Labute approximate surface area is 150 Å². The van der Waals surface area contributed by atoms with Gasteiger partial charge in [-0.2, -0.15) is 0 Å². The number of carbonyl (C=O) groups excluding carboxylic acids is 1. The molecule has 2 rings (SSSR count). The quantitative estimate of drug-likeness (QED) is 0.742. The summed E-state index contributed by atoms with van der Waals surface area (Å²) in [4.78, 5) is 14.4. The monoisotopic (exact) mass is 368 g/mol. The number of ether oxygens (including phenoxy) is 1. The molecule has 0 radical (unpaired) electrons. The summed E-state index contributed by atoms with van der Waals surface area (Å²) in [6.07, 6.45) is 5.69. The van der Waals surface area contributed by atoms with E-state index < -0.39 is 10.0 Å². The lowest BCUT2D eigenvalue weighted by Gasteiger charge is -2.26. The molecule has 7 heteroatoms. The molecule has 1 aromatic carbocycles. The normalized spacial score (nSPS) is 15.5. The zero-order chi connectivity index (χ0) is 18.3. The third-order valence-corrected chi connectivity index (χ3v) is 5.50. The van der Waals surface area contributed by atoms with Gasteiger partial charge in [-0.3, -0.25) is 9.10 Å². The summed E-state index contributed by atoms with van der Waals surface area (Å²) in [5.41, 5.74) is 0.482. The molecule has 1 fully saturated rings. The van der Waals surface area contributed by atoms with Crippen molar-refractivity contribution in [2.75, 3.05) is 36.8 Å². The van der Waals surface area contributed by atoms with Crippen molar-refractivity contribution in [1.82, 2.24) is 4.90 Å². The summed E-state index contributed by atoms with van der Waals surface area (Å²) in [5, 5.41) is 0. The first-order valence-corrected chi connectivity index (χ1v) is 10.8. The fourth-order valence-electron chi connectivity index (χ4n) is 3.08. The van der Waals surface area contributed by atoms with Crippen LogP contribution in [0.3, 0.4) is 0 Å². The second-order valence-corrected chi connectivity index (χ2v) is 8.19. The van der Waals surface area contributed by atoms with Crippen molar-refractivity contribution in [1.29, 1.82) is 0 Å². The zero-order valence-electron chi connectivity index (χ0n) is 15.1. The Balaban J connectivity index is 2.12. The number of rotatable bonds is 7. The molecule has 1 heterocycles. The summed E-state index contributed by atoms with van der Waals surface area (Å²) in [6.45, 7) is 3.96. The molecule has 0 atom stereocenters. The van der Waals surface area contributed by atoms with Crippen LogP contribution in [0, 0.1) is 0 Å². The molecule has 1 aliphatic heterocycles. The molecule has 0 aromatic heterocycles. The number of hydrogen-bond acceptors (Lipinski definition) is 4. The molecule has 1 aliphatic rings. The molecule has 0 unspecified atom stereocenters. The van der Waals surface area contributed by atoms with Crippen molar-refractivity contribution in [3.8, 4) is 5.75 Å². The number of sulfonamides is 1. The van der Waals surface area contributed by atoms with Crippen molar-refractivity contribution in [2.24, 2.45) is 0 Å². The first kappa shape index (κ1) is 19.6. The van der Waals surface area contributed by atoms with E-state index in [9.17, 15) is 13.2 Å². The summed E-state index contributed by atoms with van der Waals surface area (Å²) in [7, 11) is -3.51. The molecule has 6 nitrogen and oxygen atoms in total. The largest absolute Gasteiger partial charge is 0.492 e. The van der Waals surface area contributed by atoms with Gasteiger partial charge in [-0.15, -0.1) is 0 Å². The standard InChI is InChI=1S/C18H28N2O4S/c1-3-24-17-11-7-6-10-16(17)20(25(2,22)23)15-12-18(21)19-13-8-4-5-9-14-19/h6-7,10-11H,3-5,8-9,12-15H2,1-2H3. The smallest absolute Gasteiger partial charge is 0.232 e. The van der Waals surface area contributed by atoms with Crippen LogP contribution in [-0.4, -0.2) is 51.7 Å². The van der Waals surface area contributed by atoms with Crippen LogP contribution in [0.5, 0.6) is 5.75 Å². The number of carbonyl (C=O) groups is 1. The lowest BCUT2D eigenvalue weighted by atomic mass is 10.2. The van der Waals surface area contributed by atoms with Crippen LogP contribution < -0.4 is 9.04 Å². The highest BCUT2D eigenvalue weighted by molar-refractivity contribution is 7.92. The fraction of sp³-hybridized carbons (Fsp3) is 0.611. The molecular formula is C18H28N2O4S. The minimum absolute atomic E-state index is 0.0180. The zero-order valence-corrected chi connectivity index (χ0v) is 15.9. The van der Waals surface area contributed by atoms with Crippen LogP contribution in [0.4, 0.5) is 5.69 Å². The molecule has 0 bridgehead atoms. The third kappa shape index (κ3) is 5.63. The molecule has 0 N–H and O–H groups in total. The average Bonchev–Trinajstić information content (AvgIpc) is 2.84. The predicted molar refractivity (Wildman–Crippen MR) is 99.5 cm³/mol. The van der Waals surface area contributed by atoms with E-state index in [1.165, 1.54) is 4.31 Å². The topological polar surface area (TPSA) is 66.9 Å². The number of benzene rings is 1. The van der Waals surface area contributed by atoms with Crippen molar-refractivity contribution in [3.63, 3.8) is 0 Å². The van der Waals surface area contributed by atoms with Crippen LogP contribution in [0.15, 0.2) is 24.3 Å². The van der Waals surface area contributed by atoms with Gasteiger partial charge in [0.2, 0.25) is 15.9 Å². The van der Waals surface area contributed by atoms with Crippen LogP contribution in [0.1, 0.15) is 39.0 Å². The summed E-state index contributed by atoms with van der Waals surface area (Å²) >= 11 is 0. The third-order valence-electron chi connectivity index (χ3n) is 4.32. The molecule has 1 saturated heterocycles. The van der Waals surface area contributed by atoms with Crippen LogP contribution in [-0.2, 0) is 14.8 Å². The van der Waals surface area contributed by atoms with Crippen molar-refractivity contribution >= 4 is 21.6 Å². The summed E-state index contributed by atoms with van der Waals surface area (Å²) in [6, 6.07) is 7.03. The Morgan fingerprint density at radius 1 is 1.16 bits per heavy atom. The molecule has 1 amide bonds. The Morgan fingerprint density at radius 3 is 2.40 bits per heavy atom. The first-order chi connectivity index (χ1) is 11.9.